The van der Waals surface area contributed by atoms with Gasteiger partial charge in [-0.2, -0.15) is 5.10 Å². The molecule has 3 N–H and O–H groups in total. The number of carbonyl (C=O) groups excluding carboxylic acids is 2. The molecule has 1 aromatic carbocycles. The number of carbonyl (C=O) groups is 2. The first-order valence-corrected chi connectivity index (χ1v) is 10.2. The minimum absolute atomic E-state index is 0.125. The van der Waals surface area contributed by atoms with Crippen LogP contribution in [0.4, 0.5) is 5.69 Å². The summed E-state index contributed by atoms with van der Waals surface area (Å²) < 4.78 is 1.72. The van der Waals surface area contributed by atoms with E-state index in [4.69, 9.17) is 0 Å². The highest BCUT2D eigenvalue weighted by molar-refractivity contribution is 5.98. The van der Waals surface area contributed by atoms with Crippen LogP contribution >= 0.6 is 0 Å². The largest absolute Gasteiger partial charge is 0.388 e. The zero-order valence-corrected chi connectivity index (χ0v) is 17.2. The molecule has 1 aliphatic rings. The zero-order valence-electron chi connectivity index (χ0n) is 17.2. The summed E-state index contributed by atoms with van der Waals surface area (Å²) >= 11 is 0. The average Bonchev–Trinajstić information content (AvgIpc) is 3.39. The van der Waals surface area contributed by atoms with Crippen molar-refractivity contribution in [1.29, 1.82) is 0 Å². The summed E-state index contributed by atoms with van der Waals surface area (Å²) in [4.78, 5) is 35.0. The molecule has 4 rings (SSSR count). The molecule has 158 valence electrons. The Morgan fingerprint density at radius 1 is 1.33 bits per heavy atom. The number of likely N-dealkylation sites (tertiary alicyclic amines) is 1. The topological polar surface area (TPSA) is 116 Å². The molecule has 1 saturated heterocycles. The maximum Gasteiger partial charge on any atom is 0.274 e. The van der Waals surface area contributed by atoms with E-state index in [2.05, 4.69) is 20.4 Å². The Labute approximate surface area is 174 Å². The smallest absolute Gasteiger partial charge is 0.274 e. The van der Waals surface area contributed by atoms with Gasteiger partial charge < -0.3 is 20.3 Å². The Hall–Kier alpha value is -3.20. The molecule has 9 nitrogen and oxygen atoms in total. The fourth-order valence-electron chi connectivity index (χ4n) is 3.91. The highest BCUT2D eigenvalue weighted by atomic mass is 16.3. The average molecular weight is 410 g/mol. The predicted octanol–water partition coefficient (Wildman–Crippen LogP) is 2.15. The highest BCUT2D eigenvalue weighted by Gasteiger charge is 2.40. The lowest BCUT2D eigenvalue weighted by Gasteiger charge is -2.39. The number of piperidine rings is 1. The molecule has 1 unspecified atom stereocenters. The minimum atomic E-state index is -0.694. The lowest BCUT2D eigenvalue weighted by atomic mass is 9.80. The Morgan fingerprint density at radius 2 is 2.17 bits per heavy atom. The standard InChI is InChI=1S/C21H26N6O3/c1-3-27-10-7-16(25-27)19(29)26-9-4-8-21(2,13-26)20(30)22-14-5-6-15-17(11-14)24-18(12-28)23-15/h5-7,10-11,28H,3-4,8-9,12-13H2,1-2H3,(H,22,30)(H,23,24). The van der Waals surface area contributed by atoms with Gasteiger partial charge in [-0.25, -0.2) is 4.98 Å². The van der Waals surface area contributed by atoms with Gasteiger partial charge in [0.2, 0.25) is 5.91 Å². The predicted molar refractivity (Wildman–Crippen MR) is 112 cm³/mol. The Kier molecular flexibility index (Phi) is 5.29. The second kappa shape index (κ2) is 7.91. The van der Waals surface area contributed by atoms with E-state index in [1.54, 1.807) is 40.0 Å². The molecule has 1 fully saturated rings. The number of imidazole rings is 1. The first-order valence-electron chi connectivity index (χ1n) is 10.2. The third kappa shape index (κ3) is 3.80. The number of aliphatic hydroxyl groups excluding tert-OH is 1. The molecular formula is C21H26N6O3. The van der Waals surface area contributed by atoms with Crippen LogP contribution in [-0.2, 0) is 17.9 Å². The number of hydrogen-bond acceptors (Lipinski definition) is 5. The molecule has 9 heteroatoms. The lowest BCUT2D eigenvalue weighted by molar-refractivity contribution is -0.127. The number of nitrogens with one attached hydrogen (secondary N) is 2. The number of rotatable bonds is 5. The lowest BCUT2D eigenvalue weighted by Crippen LogP contribution is -2.50. The van der Waals surface area contributed by atoms with Gasteiger partial charge in [-0.3, -0.25) is 14.3 Å². The summed E-state index contributed by atoms with van der Waals surface area (Å²) in [5.74, 6) is 0.212. The number of aromatic amines is 1. The molecule has 2 aromatic heterocycles. The molecule has 30 heavy (non-hydrogen) atoms. The van der Waals surface area contributed by atoms with Crippen molar-refractivity contribution < 1.29 is 14.7 Å². The highest BCUT2D eigenvalue weighted by Crippen LogP contribution is 2.32. The molecule has 1 atom stereocenters. The Bertz CT molecular complexity index is 1090. The number of nitrogens with zero attached hydrogens (tertiary/aromatic N) is 4. The van der Waals surface area contributed by atoms with Gasteiger partial charge in [0.15, 0.2) is 0 Å². The van der Waals surface area contributed by atoms with Crippen molar-refractivity contribution in [3.63, 3.8) is 0 Å². The van der Waals surface area contributed by atoms with E-state index in [1.165, 1.54) is 0 Å². The van der Waals surface area contributed by atoms with Crippen molar-refractivity contribution in [1.82, 2.24) is 24.6 Å². The Morgan fingerprint density at radius 3 is 2.90 bits per heavy atom. The molecule has 0 saturated carbocycles. The van der Waals surface area contributed by atoms with Crippen LogP contribution in [0.25, 0.3) is 11.0 Å². The molecule has 0 spiro atoms. The van der Waals surface area contributed by atoms with Gasteiger partial charge in [-0.1, -0.05) is 0 Å². The number of anilines is 1. The van der Waals surface area contributed by atoms with Crippen molar-refractivity contribution in [2.24, 2.45) is 5.41 Å². The molecule has 2 amide bonds. The first kappa shape index (κ1) is 20.1. The van der Waals surface area contributed by atoms with Gasteiger partial charge in [-0.05, 0) is 51.0 Å². The van der Waals surface area contributed by atoms with Crippen molar-refractivity contribution >= 4 is 28.5 Å². The summed E-state index contributed by atoms with van der Waals surface area (Å²) in [6.07, 6.45) is 3.24. The van der Waals surface area contributed by atoms with E-state index >= 15 is 0 Å². The maximum atomic E-state index is 13.1. The third-order valence-corrected chi connectivity index (χ3v) is 5.65. The number of hydrogen-bond donors (Lipinski definition) is 3. The summed E-state index contributed by atoms with van der Waals surface area (Å²) in [6, 6.07) is 7.10. The Balaban J connectivity index is 1.48. The monoisotopic (exact) mass is 410 g/mol. The van der Waals surface area contributed by atoms with E-state index in [-0.39, 0.29) is 18.4 Å². The van der Waals surface area contributed by atoms with E-state index in [0.717, 1.165) is 17.5 Å². The number of benzene rings is 1. The number of amides is 2. The maximum absolute atomic E-state index is 13.1. The van der Waals surface area contributed by atoms with Gasteiger partial charge in [-0.15, -0.1) is 0 Å². The van der Waals surface area contributed by atoms with Gasteiger partial charge in [0.25, 0.3) is 5.91 Å². The van der Waals surface area contributed by atoms with Crippen molar-refractivity contribution in [2.75, 3.05) is 18.4 Å². The molecule has 3 aromatic rings. The molecular weight excluding hydrogens is 384 g/mol. The van der Waals surface area contributed by atoms with Crippen LogP contribution in [-0.4, -0.2) is 54.7 Å². The number of aromatic nitrogens is 4. The van der Waals surface area contributed by atoms with Crippen LogP contribution < -0.4 is 5.32 Å². The van der Waals surface area contributed by atoms with E-state index < -0.39 is 5.41 Å². The first-order chi connectivity index (χ1) is 14.4. The molecule has 1 aliphatic heterocycles. The second-order valence-corrected chi connectivity index (χ2v) is 7.98. The van der Waals surface area contributed by atoms with Crippen molar-refractivity contribution in [3.8, 4) is 0 Å². The van der Waals surface area contributed by atoms with Crippen LogP contribution in [0.2, 0.25) is 0 Å². The number of H-pyrrole nitrogens is 1. The summed E-state index contributed by atoms with van der Waals surface area (Å²) in [7, 11) is 0. The normalized spacial score (nSPS) is 19.2. The SMILES string of the molecule is CCn1ccc(C(=O)N2CCCC(C)(C(=O)Nc3ccc4nc(CO)[nH]c4c3)C2)n1. The zero-order chi connectivity index (χ0) is 21.3. The summed E-state index contributed by atoms with van der Waals surface area (Å²) in [5.41, 5.74) is 1.83. The van der Waals surface area contributed by atoms with Crippen LogP contribution in [0.3, 0.4) is 0 Å². The second-order valence-electron chi connectivity index (χ2n) is 7.98. The molecule has 3 heterocycles. The summed E-state index contributed by atoms with van der Waals surface area (Å²) in [5, 5.41) is 16.5. The van der Waals surface area contributed by atoms with E-state index in [1.807, 2.05) is 13.8 Å². The molecule has 0 radical (unpaired) electrons. The van der Waals surface area contributed by atoms with Gasteiger partial charge in [0.05, 0.1) is 16.4 Å². The van der Waals surface area contributed by atoms with E-state index in [0.29, 0.717) is 43.3 Å². The van der Waals surface area contributed by atoms with Crippen LogP contribution in [0, 0.1) is 5.41 Å². The van der Waals surface area contributed by atoms with Crippen molar-refractivity contribution in [3.05, 3.63) is 42.0 Å². The van der Waals surface area contributed by atoms with Crippen LogP contribution in [0.1, 0.15) is 43.0 Å². The molecule has 0 bridgehead atoms. The summed E-state index contributed by atoms with van der Waals surface area (Å²) in [6.45, 7) is 5.35. The van der Waals surface area contributed by atoms with Crippen LogP contribution in [0.5, 0.6) is 0 Å². The number of fused-ring (bicyclic) bond motifs is 1. The third-order valence-electron chi connectivity index (χ3n) is 5.65. The molecule has 0 aliphatic carbocycles. The quantitative estimate of drug-likeness (QED) is 0.596. The number of aryl methyl sites for hydroxylation is 1. The van der Waals surface area contributed by atoms with E-state index in [9.17, 15) is 14.7 Å². The fraction of sp³-hybridized carbons (Fsp3) is 0.429. The van der Waals surface area contributed by atoms with Gasteiger partial charge in [0.1, 0.15) is 18.1 Å². The minimum Gasteiger partial charge on any atom is -0.388 e. The van der Waals surface area contributed by atoms with Crippen molar-refractivity contribution in [2.45, 2.75) is 39.8 Å². The van der Waals surface area contributed by atoms with Crippen LogP contribution in [0.15, 0.2) is 30.5 Å². The number of aliphatic hydroxyl groups is 1. The van der Waals surface area contributed by atoms with Gasteiger partial charge in [0, 0.05) is 31.5 Å². The fourth-order valence-corrected chi connectivity index (χ4v) is 3.91. The van der Waals surface area contributed by atoms with Gasteiger partial charge >= 0.3 is 0 Å².